The van der Waals surface area contributed by atoms with Crippen molar-refractivity contribution in [1.29, 1.82) is 0 Å². The van der Waals surface area contributed by atoms with Crippen LogP contribution in [-0.2, 0) is 0 Å². The van der Waals surface area contributed by atoms with Crippen molar-refractivity contribution in [3.05, 3.63) is 0 Å². The normalized spacial score (nSPS) is 57.7. The molecule has 0 aromatic carbocycles. The number of fused-ring (bicyclic) bond motifs is 1. The lowest BCUT2D eigenvalue weighted by Crippen LogP contribution is -2.04. The molecule has 0 saturated heterocycles. The Morgan fingerprint density at radius 3 is 2.00 bits per heavy atom. The maximum absolute atomic E-state index is 2.40. The molecule has 3 aliphatic carbocycles. The van der Waals surface area contributed by atoms with E-state index in [1.807, 2.05) is 0 Å². The van der Waals surface area contributed by atoms with E-state index < -0.39 is 0 Å². The van der Waals surface area contributed by atoms with Gasteiger partial charge in [-0.1, -0.05) is 26.7 Å². The van der Waals surface area contributed by atoms with Gasteiger partial charge in [-0.3, -0.25) is 0 Å². The highest BCUT2D eigenvalue weighted by atomic mass is 14.6. The summed E-state index contributed by atoms with van der Waals surface area (Å²) in [5.74, 6) is 7.02. The number of hydrogen-bond donors (Lipinski definition) is 0. The molecule has 3 saturated carbocycles. The van der Waals surface area contributed by atoms with Crippen LogP contribution in [0.15, 0.2) is 0 Å². The molecule has 5 atom stereocenters. The molecule has 3 aliphatic rings. The Labute approximate surface area is 82.1 Å². The third kappa shape index (κ3) is 1.10. The molecule has 0 heterocycles. The summed E-state index contributed by atoms with van der Waals surface area (Å²) >= 11 is 0. The minimum Gasteiger partial charge on any atom is -0.0651 e. The summed E-state index contributed by atoms with van der Waals surface area (Å²) in [6.07, 6.45) is 7.69. The van der Waals surface area contributed by atoms with Crippen LogP contribution in [0.2, 0.25) is 0 Å². The second kappa shape index (κ2) is 2.74. The zero-order valence-electron chi connectivity index (χ0n) is 9.00. The highest BCUT2D eigenvalue weighted by Gasteiger charge is 2.59. The Bertz CT molecular complexity index is 198. The summed E-state index contributed by atoms with van der Waals surface area (Å²) in [6.45, 7) is 4.79. The molecule has 0 nitrogen and oxygen atoms in total. The lowest BCUT2D eigenvalue weighted by molar-refractivity contribution is 0.382. The summed E-state index contributed by atoms with van der Waals surface area (Å²) in [5, 5.41) is 0. The van der Waals surface area contributed by atoms with E-state index >= 15 is 0 Å². The maximum atomic E-state index is 2.40. The summed E-state index contributed by atoms with van der Waals surface area (Å²) in [6, 6.07) is 0. The fourth-order valence-electron chi connectivity index (χ4n) is 4.49. The van der Waals surface area contributed by atoms with E-state index in [0.717, 1.165) is 11.8 Å². The first-order valence-electron chi connectivity index (χ1n) is 6.36. The zero-order valence-corrected chi connectivity index (χ0v) is 9.00. The van der Waals surface area contributed by atoms with Crippen LogP contribution < -0.4 is 0 Å². The first-order valence-corrected chi connectivity index (χ1v) is 6.36. The molecule has 13 heavy (non-hydrogen) atoms. The van der Waals surface area contributed by atoms with Crippen molar-refractivity contribution in [2.24, 2.45) is 35.5 Å². The van der Waals surface area contributed by atoms with E-state index in [2.05, 4.69) is 13.8 Å². The SMILES string of the molecule is CCC1C(CC)C1C1CCC2CC21. The number of hydrogen-bond acceptors (Lipinski definition) is 0. The van der Waals surface area contributed by atoms with Crippen molar-refractivity contribution in [3.8, 4) is 0 Å². The van der Waals surface area contributed by atoms with Crippen molar-refractivity contribution >= 4 is 0 Å². The minimum atomic E-state index is 1.13. The molecule has 5 unspecified atom stereocenters. The quantitative estimate of drug-likeness (QED) is 0.618. The molecule has 3 rings (SSSR count). The molecular formula is C13H22. The summed E-state index contributed by atoms with van der Waals surface area (Å²) in [4.78, 5) is 0. The predicted molar refractivity (Wildman–Crippen MR) is 55.4 cm³/mol. The lowest BCUT2D eigenvalue weighted by Gasteiger charge is -2.10. The van der Waals surface area contributed by atoms with Crippen molar-refractivity contribution in [2.45, 2.75) is 46.0 Å². The van der Waals surface area contributed by atoms with Crippen molar-refractivity contribution in [3.63, 3.8) is 0 Å². The molecule has 0 radical (unpaired) electrons. The van der Waals surface area contributed by atoms with Gasteiger partial charge < -0.3 is 0 Å². The summed E-state index contributed by atoms with van der Waals surface area (Å²) < 4.78 is 0. The van der Waals surface area contributed by atoms with Crippen LogP contribution in [0.1, 0.15) is 46.0 Å². The maximum Gasteiger partial charge on any atom is -0.0321 e. The van der Waals surface area contributed by atoms with Gasteiger partial charge in [-0.2, -0.15) is 0 Å². The predicted octanol–water partition coefficient (Wildman–Crippen LogP) is 3.71. The fraction of sp³-hybridized carbons (Fsp3) is 1.00. The smallest absolute Gasteiger partial charge is 0.0321 e. The summed E-state index contributed by atoms with van der Waals surface area (Å²) in [7, 11) is 0. The van der Waals surface area contributed by atoms with Crippen LogP contribution in [0.25, 0.3) is 0 Å². The van der Waals surface area contributed by atoms with Crippen molar-refractivity contribution < 1.29 is 0 Å². The molecular weight excluding hydrogens is 156 g/mol. The Balaban J connectivity index is 1.66. The van der Waals surface area contributed by atoms with Gasteiger partial charge in [-0.05, 0) is 54.8 Å². The summed E-state index contributed by atoms with van der Waals surface area (Å²) in [5.41, 5.74) is 0. The van der Waals surface area contributed by atoms with E-state index in [9.17, 15) is 0 Å². The number of rotatable bonds is 3. The average molecular weight is 178 g/mol. The Morgan fingerprint density at radius 1 is 0.923 bits per heavy atom. The van der Waals surface area contributed by atoms with Crippen LogP contribution in [0, 0.1) is 35.5 Å². The van der Waals surface area contributed by atoms with E-state index in [1.54, 1.807) is 19.3 Å². The van der Waals surface area contributed by atoms with Gasteiger partial charge in [0.15, 0.2) is 0 Å². The van der Waals surface area contributed by atoms with Gasteiger partial charge in [0.2, 0.25) is 0 Å². The van der Waals surface area contributed by atoms with Gasteiger partial charge in [0.1, 0.15) is 0 Å². The van der Waals surface area contributed by atoms with Crippen molar-refractivity contribution in [1.82, 2.24) is 0 Å². The molecule has 0 amide bonds. The van der Waals surface area contributed by atoms with Crippen LogP contribution in [0.4, 0.5) is 0 Å². The highest BCUT2D eigenvalue weighted by Crippen LogP contribution is 2.66. The zero-order chi connectivity index (χ0) is 9.00. The molecule has 0 N–H and O–H groups in total. The van der Waals surface area contributed by atoms with Gasteiger partial charge in [0.25, 0.3) is 0 Å². The molecule has 0 heteroatoms. The minimum absolute atomic E-state index is 1.13. The molecule has 0 aromatic rings. The van der Waals surface area contributed by atoms with Gasteiger partial charge in [0.05, 0.1) is 0 Å². The third-order valence-electron chi connectivity index (χ3n) is 5.23. The average Bonchev–Trinajstić information content (AvgIpc) is 3.04. The molecule has 0 aromatic heterocycles. The standard InChI is InChI=1S/C13H22/c1-3-9-10(4-2)13(9)11-6-5-8-7-12(8)11/h8-13H,3-7H2,1-2H3. The van der Waals surface area contributed by atoms with Crippen LogP contribution in [0.5, 0.6) is 0 Å². The second-order valence-electron chi connectivity index (χ2n) is 5.62. The Morgan fingerprint density at radius 2 is 1.62 bits per heavy atom. The van der Waals surface area contributed by atoms with Gasteiger partial charge in [-0.15, -0.1) is 0 Å². The highest BCUT2D eigenvalue weighted by molar-refractivity contribution is 5.08. The fourth-order valence-corrected chi connectivity index (χ4v) is 4.49. The van der Waals surface area contributed by atoms with Gasteiger partial charge in [0, 0.05) is 0 Å². The van der Waals surface area contributed by atoms with Crippen LogP contribution in [-0.4, -0.2) is 0 Å². The lowest BCUT2D eigenvalue weighted by atomic mass is 9.95. The van der Waals surface area contributed by atoms with Crippen LogP contribution >= 0.6 is 0 Å². The first kappa shape index (κ1) is 8.32. The topological polar surface area (TPSA) is 0 Å². The third-order valence-corrected chi connectivity index (χ3v) is 5.23. The molecule has 0 spiro atoms. The van der Waals surface area contributed by atoms with Gasteiger partial charge in [-0.25, -0.2) is 0 Å². The van der Waals surface area contributed by atoms with Gasteiger partial charge >= 0.3 is 0 Å². The van der Waals surface area contributed by atoms with Crippen molar-refractivity contribution in [2.75, 3.05) is 0 Å². The molecule has 0 bridgehead atoms. The molecule has 3 fully saturated rings. The van der Waals surface area contributed by atoms with E-state index in [1.165, 1.54) is 36.5 Å². The Hall–Kier alpha value is 0. The first-order chi connectivity index (χ1) is 6.36. The molecule has 0 aliphatic heterocycles. The Kier molecular flexibility index (Phi) is 1.76. The van der Waals surface area contributed by atoms with E-state index in [-0.39, 0.29) is 0 Å². The van der Waals surface area contributed by atoms with E-state index in [0.29, 0.717) is 0 Å². The van der Waals surface area contributed by atoms with Crippen LogP contribution in [0.3, 0.4) is 0 Å². The largest absolute Gasteiger partial charge is 0.0651 e. The monoisotopic (exact) mass is 178 g/mol. The second-order valence-corrected chi connectivity index (χ2v) is 5.62. The molecule has 74 valence electrons. The van der Waals surface area contributed by atoms with E-state index in [4.69, 9.17) is 0 Å².